The number of nitrogens with one attached hydrogen (secondary N) is 1. The van der Waals surface area contributed by atoms with E-state index in [0.29, 0.717) is 6.04 Å². The van der Waals surface area contributed by atoms with Gasteiger partial charge >= 0.3 is 0 Å². The van der Waals surface area contributed by atoms with Crippen LogP contribution in [0.1, 0.15) is 46.4 Å². The zero-order valence-corrected chi connectivity index (χ0v) is 12.7. The van der Waals surface area contributed by atoms with Crippen LogP contribution in [0.4, 0.5) is 0 Å². The van der Waals surface area contributed by atoms with Crippen molar-refractivity contribution in [1.82, 2.24) is 20.1 Å². The zero-order valence-electron chi connectivity index (χ0n) is 12.7. The van der Waals surface area contributed by atoms with Crippen LogP contribution in [-0.4, -0.2) is 40.1 Å². The molecule has 0 aliphatic heterocycles. The van der Waals surface area contributed by atoms with E-state index in [1.807, 2.05) is 11.6 Å². The molecular weight excluding hydrogens is 240 g/mol. The molecule has 1 rings (SSSR count). The van der Waals surface area contributed by atoms with E-state index in [1.54, 1.807) is 6.33 Å². The minimum absolute atomic E-state index is 0.233. The van der Waals surface area contributed by atoms with Crippen molar-refractivity contribution in [3.63, 3.8) is 0 Å². The fourth-order valence-corrected chi connectivity index (χ4v) is 2.37. The molecule has 1 aromatic rings. The Hall–Kier alpha value is -0.940. The number of hydrogen-bond donors (Lipinski definition) is 1. The van der Waals surface area contributed by atoms with Crippen LogP contribution in [0.25, 0.3) is 0 Å². The van der Waals surface area contributed by atoms with Crippen LogP contribution in [-0.2, 0) is 17.7 Å². The van der Waals surface area contributed by atoms with Gasteiger partial charge in [0.15, 0.2) is 0 Å². The first-order valence-electron chi connectivity index (χ1n) is 7.48. The molecule has 110 valence electrons. The Kier molecular flexibility index (Phi) is 7.67. The molecule has 5 nitrogen and oxygen atoms in total. The Balaban J connectivity index is 2.73. The van der Waals surface area contributed by atoms with E-state index in [0.717, 1.165) is 44.8 Å². The smallest absolute Gasteiger partial charge is 0.138 e. The largest absolute Gasteiger partial charge is 0.377 e. The minimum atomic E-state index is 0.233. The molecule has 1 aromatic heterocycles. The van der Waals surface area contributed by atoms with Gasteiger partial charge in [0.2, 0.25) is 0 Å². The molecule has 19 heavy (non-hydrogen) atoms. The number of rotatable bonds is 10. The number of hydrogen-bond acceptors (Lipinski definition) is 4. The summed E-state index contributed by atoms with van der Waals surface area (Å²) >= 11 is 0. The molecule has 0 saturated heterocycles. The van der Waals surface area contributed by atoms with Gasteiger partial charge in [0.25, 0.3) is 0 Å². The maximum atomic E-state index is 5.83. The van der Waals surface area contributed by atoms with Crippen LogP contribution in [0.3, 0.4) is 0 Å². The van der Waals surface area contributed by atoms with Crippen molar-refractivity contribution in [3.05, 3.63) is 12.2 Å². The van der Waals surface area contributed by atoms with Crippen molar-refractivity contribution in [2.75, 3.05) is 13.2 Å². The fraction of sp³-hybridized carbons (Fsp3) is 0.857. The highest BCUT2D eigenvalue weighted by molar-refractivity contribution is 4.92. The molecular formula is C14H28N4O. The second-order valence-corrected chi connectivity index (χ2v) is 4.67. The summed E-state index contributed by atoms with van der Waals surface area (Å²) in [5, 5.41) is 7.81. The summed E-state index contributed by atoms with van der Waals surface area (Å²) in [4.78, 5) is 4.39. The molecule has 0 aliphatic rings. The van der Waals surface area contributed by atoms with Crippen molar-refractivity contribution < 1.29 is 4.74 Å². The Bertz CT molecular complexity index is 340. The first-order chi connectivity index (χ1) is 9.26. The highest BCUT2D eigenvalue weighted by Gasteiger charge is 2.22. The first-order valence-corrected chi connectivity index (χ1v) is 7.48. The maximum Gasteiger partial charge on any atom is 0.138 e. The molecule has 2 unspecified atom stereocenters. The number of aromatic nitrogens is 3. The van der Waals surface area contributed by atoms with Gasteiger partial charge in [0.05, 0.1) is 6.10 Å². The van der Waals surface area contributed by atoms with E-state index in [4.69, 9.17) is 4.74 Å². The normalized spacial score (nSPS) is 14.5. The molecule has 0 amide bonds. The molecule has 0 aliphatic carbocycles. The summed E-state index contributed by atoms with van der Waals surface area (Å²) in [6, 6.07) is 0.301. The molecule has 0 spiro atoms. The standard InChI is InChI=1S/C14H28N4O/c1-5-9-18-14(16-11-17-18)10-12(15-7-3)13(6-2)19-8-4/h11-13,15H,5-10H2,1-4H3. The van der Waals surface area contributed by atoms with Gasteiger partial charge in [-0.1, -0.05) is 20.8 Å². The zero-order chi connectivity index (χ0) is 14.1. The number of ether oxygens (including phenoxy) is 1. The van der Waals surface area contributed by atoms with Crippen molar-refractivity contribution in [3.8, 4) is 0 Å². The molecule has 0 radical (unpaired) electrons. The van der Waals surface area contributed by atoms with Crippen LogP contribution in [0.5, 0.6) is 0 Å². The van der Waals surface area contributed by atoms with Crippen molar-refractivity contribution >= 4 is 0 Å². The van der Waals surface area contributed by atoms with Crippen molar-refractivity contribution in [1.29, 1.82) is 0 Å². The average Bonchev–Trinajstić information content (AvgIpc) is 2.83. The van der Waals surface area contributed by atoms with E-state index in [-0.39, 0.29) is 6.10 Å². The van der Waals surface area contributed by atoms with Gasteiger partial charge in [-0.2, -0.15) is 5.10 Å². The van der Waals surface area contributed by atoms with Gasteiger partial charge in [-0.25, -0.2) is 4.98 Å². The monoisotopic (exact) mass is 268 g/mol. The maximum absolute atomic E-state index is 5.83. The highest BCUT2D eigenvalue weighted by atomic mass is 16.5. The van der Waals surface area contributed by atoms with E-state index in [9.17, 15) is 0 Å². The lowest BCUT2D eigenvalue weighted by molar-refractivity contribution is 0.0316. The van der Waals surface area contributed by atoms with Crippen molar-refractivity contribution in [2.24, 2.45) is 0 Å². The highest BCUT2D eigenvalue weighted by Crippen LogP contribution is 2.10. The third-order valence-corrected chi connectivity index (χ3v) is 3.23. The first kappa shape index (κ1) is 16.1. The summed E-state index contributed by atoms with van der Waals surface area (Å²) in [5.41, 5.74) is 0. The predicted octanol–water partition coefficient (Wildman–Crippen LogP) is 2.02. The number of likely N-dealkylation sites (N-methyl/N-ethyl adjacent to an activating group) is 1. The van der Waals surface area contributed by atoms with Crippen LogP contribution in [0, 0.1) is 0 Å². The molecule has 5 heteroatoms. The van der Waals surface area contributed by atoms with Gasteiger partial charge in [-0.05, 0) is 26.3 Å². The molecule has 0 aromatic carbocycles. The lowest BCUT2D eigenvalue weighted by Gasteiger charge is -2.26. The summed E-state index contributed by atoms with van der Waals surface area (Å²) in [6.07, 6.45) is 4.83. The molecule has 0 bridgehead atoms. The van der Waals surface area contributed by atoms with Gasteiger partial charge < -0.3 is 10.1 Å². The Morgan fingerprint density at radius 3 is 2.68 bits per heavy atom. The quantitative estimate of drug-likeness (QED) is 0.705. The lowest BCUT2D eigenvalue weighted by atomic mass is 10.0. The Morgan fingerprint density at radius 1 is 1.32 bits per heavy atom. The van der Waals surface area contributed by atoms with Gasteiger partial charge in [-0.3, -0.25) is 4.68 Å². The van der Waals surface area contributed by atoms with Gasteiger partial charge in [0, 0.05) is 25.6 Å². The summed E-state index contributed by atoms with van der Waals surface area (Å²) in [5.74, 6) is 1.05. The minimum Gasteiger partial charge on any atom is -0.377 e. The summed E-state index contributed by atoms with van der Waals surface area (Å²) in [7, 11) is 0. The number of aryl methyl sites for hydroxylation is 1. The van der Waals surface area contributed by atoms with Crippen LogP contribution >= 0.6 is 0 Å². The lowest BCUT2D eigenvalue weighted by Crippen LogP contribution is -2.43. The summed E-state index contributed by atoms with van der Waals surface area (Å²) in [6.45, 7) is 11.1. The molecule has 1 N–H and O–H groups in total. The predicted molar refractivity (Wildman–Crippen MR) is 77.2 cm³/mol. The molecule has 0 fully saturated rings. The van der Waals surface area contributed by atoms with Gasteiger partial charge in [-0.15, -0.1) is 0 Å². The van der Waals surface area contributed by atoms with Crippen LogP contribution in [0.2, 0.25) is 0 Å². The molecule has 1 heterocycles. The molecule has 0 saturated carbocycles. The van der Waals surface area contributed by atoms with E-state index in [1.165, 1.54) is 0 Å². The van der Waals surface area contributed by atoms with Crippen LogP contribution < -0.4 is 5.32 Å². The third-order valence-electron chi connectivity index (χ3n) is 3.23. The SMILES string of the molecule is CCCn1ncnc1CC(NCC)C(CC)OCC. The average molecular weight is 268 g/mol. The topological polar surface area (TPSA) is 52.0 Å². The van der Waals surface area contributed by atoms with Crippen LogP contribution in [0.15, 0.2) is 6.33 Å². The number of nitrogens with zero attached hydrogens (tertiary/aromatic N) is 3. The second-order valence-electron chi connectivity index (χ2n) is 4.67. The summed E-state index contributed by atoms with van der Waals surface area (Å²) < 4.78 is 7.84. The van der Waals surface area contributed by atoms with E-state index < -0.39 is 0 Å². The van der Waals surface area contributed by atoms with Gasteiger partial charge in [0.1, 0.15) is 12.2 Å². The second kappa shape index (κ2) is 9.04. The third kappa shape index (κ3) is 4.91. The fourth-order valence-electron chi connectivity index (χ4n) is 2.37. The Morgan fingerprint density at radius 2 is 2.11 bits per heavy atom. The Labute approximate surface area is 116 Å². The molecule has 2 atom stereocenters. The van der Waals surface area contributed by atoms with E-state index in [2.05, 4.69) is 36.2 Å². The van der Waals surface area contributed by atoms with Crippen molar-refractivity contribution in [2.45, 2.75) is 65.6 Å². The van der Waals surface area contributed by atoms with E-state index >= 15 is 0 Å².